The fraction of sp³-hybridized carbons (Fsp3) is 0.625. The van der Waals surface area contributed by atoms with Gasteiger partial charge in [-0.2, -0.15) is 0 Å². The van der Waals surface area contributed by atoms with Crippen LogP contribution in [-0.4, -0.2) is 37.6 Å². The van der Waals surface area contributed by atoms with E-state index in [9.17, 15) is 0 Å². The number of rotatable bonds is 11. The van der Waals surface area contributed by atoms with Gasteiger partial charge in [-0.15, -0.1) is 0 Å². The Balaban J connectivity index is 1.93. The van der Waals surface area contributed by atoms with Crippen LogP contribution < -0.4 is 4.74 Å². The van der Waals surface area contributed by atoms with Crippen molar-refractivity contribution in [3.05, 3.63) is 24.3 Å². The highest BCUT2D eigenvalue weighted by Gasteiger charge is 2.00. The number of phenols is 1. The van der Waals surface area contributed by atoms with Crippen molar-refractivity contribution < 1.29 is 19.3 Å². The van der Waals surface area contributed by atoms with Crippen molar-refractivity contribution in [1.82, 2.24) is 0 Å². The number of hydrogen-bond acceptors (Lipinski definition) is 4. The summed E-state index contributed by atoms with van der Waals surface area (Å²) < 4.78 is 16.5. The highest BCUT2D eigenvalue weighted by Crippen LogP contribution is 2.15. The van der Waals surface area contributed by atoms with Crippen LogP contribution in [0.25, 0.3) is 0 Å². The van der Waals surface area contributed by atoms with Crippen LogP contribution >= 0.6 is 0 Å². The van der Waals surface area contributed by atoms with Crippen LogP contribution in [0.5, 0.6) is 11.5 Å². The van der Waals surface area contributed by atoms with E-state index in [4.69, 9.17) is 19.3 Å². The van der Waals surface area contributed by atoms with Crippen molar-refractivity contribution in [3.63, 3.8) is 0 Å². The van der Waals surface area contributed by atoms with Gasteiger partial charge in [0.25, 0.3) is 0 Å². The lowest BCUT2D eigenvalue weighted by Crippen LogP contribution is -2.15. The fourth-order valence-electron chi connectivity index (χ4n) is 1.75. The van der Waals surface area contributed by atoms with Crippen molar-refractivity contribution in [1.29, 1.82) is 0 Å². The molecule has 1 aromatic carbocycles. The molecule has 0 radical (unpaired) electrons. The second-order valence-electron chi connectivity index (χ2n) is 4.78. The van der Waals surface area contributed by atoms with E-state index in [0.29, 0.717) is 32.5 Å². The third-order valence-corrected chi connectivity index (χ3v) is 2.93. The average Bonchev–Trinajstić information content (AvgIpc) is 2.46. The zero-order valence-electron chi connectivity index (χ0n) is 12.5. The smallest absolute Gasteiger partial charge is 0.119 e. The molecular weight excluding hydrogens is 256 g/mol. The molecule has 0 aliphatic heterocycles. The molecule has 0 aliphatic rings. The van der Waals surface area contributed by atoms with Gasteiger partial charge in [-0.1, -0.05) is 19.8 Å². The van der Waals surface area contributed by atoms with E-state index in [-0.39, 0.29) is 5.75 Å². The van der Waals surface area contributed by atoms with Crippen LogP contribution in [0, 0.1) is 0 Å². The van der Waals surface area contributed by atoms with Crippen LogP contribution in [0.4, 0.5) is 0 Å². The fourth-order valence-corrected chi connectivity index (χ4v) is 1.75. The van der Waals surface area contributed by atoms with Crippen molar-refractivity contribution in [2.24, 2.45) is 0 Å². The molecule has 0 heterocycles. The first-order valence-electron chi connectivity index (χ1n) is 7.33. The first kappa shape index (κ1) is 16.8. The van der Waals surface area contributed by atoms with Gasteiger partial charge in [-0.25, -0.2) is 0 Å². The zero-order valence-corrected chi connectivity index (χ0v) is 12.5. The van der Waals surface area contributed by atoms with Gasteiger partial charge < -0.3 is 19.3 Å². The summed E-state index contributed by atoms with van der Waals surface area (Å²) in [4.78, 5) is 0. The zero-order chi connectivity index (χ0) is 14.6. The summed E-state index contributed by atoms with van der Waals surface area (Å²) >= 11 is 0. The molecule has 4 nitrogen and oxygen atoms in total. The number of unbranched alkanes of at least 4 members (excludes halogenated alkanes) is 1. The Hall–Kier alpha value is -1.26. The SMILES string of the molecule is CCCCC(C)OCCOCCOc1ccc(O)cc1. The minimum Gasteiger partial charge on any atom is -0.508 e. The molecule has 0 fully saturated rings. The predicted octanol–water partition coefficient (Wildman–Crippen LogP) is 3.38. The Morgan fingerprint density at radius 1 is 1.05 bits per heavy atom. The van der Waals surface area contributed by atoms with Crippen molar-refractivity contribution >= 4 is 0 Å². The van der Waals surface area contributed by atoms with Gasteiger partial charge in [0.15, 0.2) is 0 Å². The third-order valence-electron chi connectivity index (χ3n) is 2.93. The Bertz CT molecular complexity index is 337. The van der Waals surface area contributed by atoms with E-state index in [1.54, 1.807) is 24.3 Å². The largest absolute Gasteiger partial charge is 0.508 e. The van der Waals surface area contributed by atoms with Crippen LogP contribution in [0.3, 0.4) is 0 Å². The van der Waals surface area contributed by atoms with Crippen LogP contribution in [-0.2, 0) is 9.47 Å². The first-order valence-corrected chi connectivity index (χ1v) is 7.33. The normalized spacial score (nSPS) is 12.3. The van der Waals surface area contributed by atoms with Crippen LogP contribution in [0.1, 0.15) is 33.1 Å². The summed E-state index contributed by atoms with van der Waals surface area (Å²) in [7, 11) is 0. The number of benzene rings is 1. The third kappa shape index (κ3) is 8.02. The molecule has 1 atom stereocenters. The Morgan fingerprint density at radius 2 is 1.75 bits per heavy atom. The molecule has 1 unspecified atom stereocenters. The quantitative estimate of drug-likeness (QED) is 0.632. The van der Waals surface area contributed by atoms with E-state index in [1.165, 1.54) is 12.8 Å². The van der Waals surface area contributed by atoms with Gasteiger partial charge >= 0.3 is 0 Å². The Kier molecular flexibility index (Phi) is 8.83. The summed E-state index contributed by atoms with van der Waals surface area (Å²) in [6.07, 6.45) is 3.84. The lowest BCUT2D eigenvalue weighted by Gasteiger charge is -2.12. The summed E-state index contributed by atoms with van der Waals surface area (Å²) in [5, 5.41) is 9.13. The molecule has 0 spiro atoms. The van der Waals surface area contributed by atoms with E-state index in [1.807, 2.05) is 0 Å². The molecule has 0 bridgehead atoms. The lowest BCUT2D eigenvalue weighted by atomic mass is 10.2. The standard InChI is InChI=1S/C16H26O4/c1-3-4-5-14(2)19-12-10-18-11-13-20-16-8-6-15(17)7-9-16/h6-9,14,17H,3-5,10-13H2,1-2H3. The molecule has 114 valence electrons. The lowest BCUT2D eigenvalue weighted by molar-refractivity contribution is 0.00267. The maximum Gasteiger partial charge on any atom is 0.119 e. The first-order chi connectivity index (χ1) is 9.72. The van der Waals surface area contributed by atoms with Crippen molar-refractivity contribution in [2.45, 2.75) is 39.2 Å². The second kappa shape index (κ2) is 10.5. The maximum atomic E-state index is 9.13. The number of aromatic hydroxyl groups is 1. The summed E-state index contributed by atoms with van der Waals surface area (Å²) in [6.45, 7) is 6.54. The highest BCUT2D eigenvalue weighted by atomic mass is 16.5. The van der Waals surface area contributed by atoms with E-state index < -0.39 is 0 Å². The Labute approximate surface area is 121 Å². The molecule has 0 aromatic heterocycles. The monoisotopic (exact) mass is 282 g/mol. The minimum absolute atomic E-state index is 0.239. The number of phenolic OH excluding ortho intramolecular Hbond substituents is 1. The Morgan fingerprint density at radius 3 is 2.45 bits per heavy atom. The van der Waals surface area contributed by atoms with E-state index in [0.717, 1.165) is 12.2 Å². The number of ether oxygens (including phenoxy) is 3. The van der Waals surface area contributed by atoms with E-state index >= 15 is 0 Å². The van der Waals surface area contributed by atoms with Crippen molar-refractivity contribution in [2.75, 3.05) is 26.4 Å². The van der Waals surface area contributed by atoms with Gasteiger partial charge in [0.1, 0.15) is 18.1 Å². The molecule has 1 rings (SSSR count). The molecule has 0 amide bonds. The summed E-state index contributed by atoms with van der Waals surface area (Å²) in [5.74, 6) is 0.971. The van der Waals surface area contributed by atoms with Crippen LogP contribution in [0.2, 0.25) is 0 Å². The molecule has 4 heteroatoms. The average molecular weight is 282 g/mol. The molecule has 0 saturated carbocycles. The minimum atomic E-state index is 0.239. The summed E-state index contributed by atoms with van der Waals surface area (Å²) in [6, 6.07) is 6.66. The van der Waals surface area contributed by atoms with Crippen molar-refractivity contribution in [3.8, 4) is 11.5 Å². The van der Waals surface area contributed by atoms with Gasteiger partial charge in [0, 0.05) is 0 Å². The van der Waals surface area contributed by atoms with Gasteiger partial charge in [-0.05, 0) is 37.6 Å². The second-order valence-corrected chi connectivity index (χ2v) is 4.78. The molecule has 0 aliphatic carbocycles. The highest BCUT2D eigenvalue weighted by molar-refractivity contribution is 5.29. The molecular formula is C16H26O4. The van der Waals surface area contributed by atoms with Gasteiger partial charge in [0.05, 0.1) is 25.9 Å². The van der Waals surface area contributed by atoms with Crippen LogP contribution in [0.15, 0.2) is 24.3 Å². The topological polar surface area (TPSA) is 47.9 Å². The predicted molar refractivity (Wildman–Crippen MR) is 79.4 cm³/mol. The molecule has 0 saturated heterocycles. The number of hydrogen-bond donors (Lipinski definition) is 1. The van der Waals surface area contributed by atoms with E-state index in [2.05, 4.69) is 13.8 Å². The van der Waals surface area contributed by atoms with Gasteiger partial charge in [-0.3, -0.25) is 0 Å². The molecule has 1 N–H and O–H groups in total. The maximum absolute atomic E-state index is 9.13. The molecule has 20 heavy (non-hydrogen) atoms. The molecule has 1 aromatic rings. The van der Waals surface area contributed by atoms with Gasteiger partial charge in [0.2, 0.25) is 0 Å². The summed E-state index contributed by atoms with van der Waals surface area (Å²) in [5.41, 5.74) is 0.